The fourth-order valence-corrected chi connectivity index (χ4v) is 2.61. The quantitative estimate of drug-likeness (QED) is 0.745. The number of anilines is 1. The number of benzene rings is 1. The van der Waals surface area contributed by atoms with E-state index in [0.29, 0.717) is 6.04 Å². The van der Waals surface area contributed by atoms with E-state index in [4.69, 9.17) is 4.74 Å². The van der Waals surface area contributed by atoms with Gasteiger partial charge >= 0.3 is 0 Å². The third-order valence-electron chi connectivity index (χ3n) is 4.08. The lowest BCUT2D eigenvalue weighted by Crippen LogP contribution is -2.39. The van der Waals surface area contributed by atoms with Crippen LogP contribution in [0.25, 0.3) is 0 Å². The van der Waals surface area contributed by atoms with Crippen LogP contribution >= 0.6 is 15.9 Å². The molecule has 0 saturated carbocycles. The highest BCUT2D eigenvalue weighted by molar-refractivity contribution is 9.10. The van der Waals surface area contributed by atoms with Gasteiger partial charge in [-0.25, -0.2) is 0 Å². The monoisotopic (exact) mass is 356 g/mol. The molecular weight excluding hydrogens is 328 g/mol. The molecule has 0 spiro atoms. The molecule has 0 radical (unpaired) electrons. The first kappa shape index (κ1) is 18.5. The second kappa shape index (κ2) is 8.16. The second-order valence-electron chi connectivity index (χ2n) is 6.60. The van der Waals surface area contributed by atoms with Crippen molar-refractivity contribution in [2.75, 3.05) is 32.2 Å². The zero-order chi connectivity index (χ0) is 16.0. The van der Waals surface area contributed by atoms with Crippen LogP contribution in [0.3, 0.4) is 0 Å². The van der Waals surface area contributed by atoms with Gasteiger partial charge in [0.1, 0.15) is 0 Å². The van der Waals surface area contributed by atoms with Gasteiger partial charge in [-0.3, -0.25) is 0 Å². The lowest BCUT2D eigenvalue weighted by atomic mass is 9.87. The summed E-state index contributed by atoms with van der Waals surface area (Å²) < 4.78 is 6.19. The van der Waals surface area contributed by atoms with Gasteiger partial charge in [0.25, 0.3) is 0 Å². The molecule has 4 heteroatoms. The molecule has 1 atom stereocenters. The molecule has 0 aliphatic heterocycles. The molecule has 1 aromatic rings. The molecule has 1 rings (SSSR count). The Hall–Kier alpha value is -0.580. The van der Waals surface area contributed by atoms with Crippen molar-refractivity contribution >= 4 is 21.6 Å². The molecule has 0 heterocycles. The van der Waals surface area contributed by atoms with E-state index in [1.807, 2.05) is 0 Å². The van der Waals surface area contributed by atoms with Crippen LogP contribution in [-0.2, 0) is 11.3 Å². The summed E-state index contributed by atoms with van der Waals surface area (Å²) in [4.78, 5) is 2.34. The summed E-state index contributed by atoms with van der Waals surface area (Å²) in [6, 6.07) is 7.05. The number of halogens is 1. The van der Waals surface area contributed by atoms with Crippen molar-refractivity contribution in [2.24, 2.45) is 5.41 Å². The van der Waals surface area contributed by atoms with E-state index in [-0.39, 0.29) is 5.41 Å². The molecule has 0 bridgehead atoms. The smallest absolute Gasteiger partial charge is 0.0587 e. The Morgan fingerprint density at radius 1 is 1.33 bits per heavy atom. The highest BCUT2D eigenvalue weighted by Crippen LogP contribution is 2.30. The zero-order valence-corrected chi connectivity index (χ0v) is 15.8. The van der Waals surface area contributed by atoms with Gasteiger partial charge in [-0.2, -0.15) is 0 Å². The minimum Gasteiger partial charge on any atom is -0.383 e. The first-order chi connectivity index (χ1) is 9.77. The number of ether oxygens (including phenoxy) is 1. The van der Waals surface area contributed by atoms with Crippen LogP contribution in [-0.4, -0.2) is 33.4 Å². The number of nitrogens with zero attached hydrogens (tertiary/aromatic N) is 1. The highest BCUT2D eigenvalue weighted by Gasteiger charge is 2.24. The molecule has 1 N–H and O–H groups in total. The standard InChI is InChI=1S/C17H29BrN2O/c1-13(17(2,3)4)20(5)15-8-7-14(16(18)11-15)12-19-9-10-21-6/h7-8,11,13,19H,9-10,12H2,1-6H3. The largest absolute Gasteiger partial charge is 0.383 e. The van der Waals surface area contributed by atoms with E-state index in [1.54, 1.807) is 7.11 Å². The molecule has 0 fully saturated rings. The summed E-state index contributed by atoms with van der Waals surface area (Å²) >= 11 is 3.69. The van der Waals surface area contributed by atoms with Crippen LogP contribution < -0.4 is 10.2 Å². The predicted octanol–water partition coefficient (Wildman–Crippen LogP) is 4.06. The van der Waals surface area contributed by atoms with Crippen LogP contribution in [0.4, 0.5) is 5.69 Å². The lowest BCUT2D eigenvalue weighted by Gasteiger charge is -2.37. The van der Waals surface area contributed by atoms with Crippen molar-refractivity contribution in [2.45, 2.75) is 40.3 Å². The van der Waals surface area contributed by atoms with Gasteiger partial charge in [0.15, 0.2) is 0 Å². The van der Waals surface area contributed by atoms with Crippen LogP contribution in [0.1, 0.15) is 33.3 Å². The van der Waals surface area contributed by atoms with Gasteiger partial charge in [-0.15, -0.1) is 0 Å². The highest BCUT2D eigenvalue weighted by atomic mass is 79.9. The van der Waals surface area contributed by atoms with Gasteiger partial charge < -0.3 is 15.0 Å². The summed E-state index contributed by atoms with van der Waals surface area (Å²) in [5, 5.41) is 3.37. The van der Waals surface area contributed by atoms with Crippen LogP contribution in [0, 0.1) is 5.41 Å². The third-order valence-corrected chi connectivity index (χ3v) is 4.81. The van der Waals surface area contributed by atoms with Gasteiger partial charge in [0, 0.05) is 43.4 Å². The molecule has 120 valence electrons. The predicted molar refractivity (Wildman–Crippen MR) is 95.0 cm³/mol. The normalized spacial score (nSPS) is 13.3. The van der Waals surface area contributed by atoms with Crippen LogP contribution in [0.2, 0.25) is 0 Å². The van der Waals surface area contributed by atoms with Crippen molar-refractivity contribution < 1.29 is 4.74 Å². The molecule has 0 aliphatic rings. The molecule has 1 unspecified atom stereocenters. The van der Waals surface area contributed by atoms with Gasteiger partial charge in [0.2, 0.25) is 0 Å². The summed E-state index contributed by atoms with van der Waals surface area (Å²) in [6.45, 7) is 11.6. The fourth-order valence-electron chi connectivity index (χ4n) is 2.10. The summed E-state index contributed by atoms with van der Waals surface area (Å²) in [7, 11) is 3.88. The Labute approximate surface area is 138 Å². The minimum atomic E-state index is 0.252. The van der Waals surface area contributed by atoms with Crippen LogP contribution in [0.15, 0.2) is 22.7 Å². The number of nitrogens with one attached hydrogen (secondary N) is 1. The van der Waals surface area contributed by atoms with E-state index in [9.17, 15) is 0 Å². The SMILES string of the molecule is COCCNCc1ccc(N(C)C(C)C(C)(C)C)cc1Br. The Kier molecular flexibility index (Phi) is 7.17. The lowest BCUT2D eigenvalue weighted by molar-refractivity contribution is 0.199. The van der Waals surface area contributed by atoms with Gasteiger partial charge in [-0.05, 0) is 30.0 Å². The number of rotatable bonds is 7. The number of hydrogen-bond acceptors (Lipinski definition) is 3. The third kappa shape index (κ3) is 5.61. The Morgan fingerprint density at radius 3 is 2.52 bits per heavy atom. The van der Waals surface area contributed by atoms with Gasteiger partial charge in [0.05, 0.1) is 6.61 Å². The van der Waals surface area contributed by atoms with E-state index < -0.39 is 0 Å². The van der Waals surface area contributed by atoms with Crippen molar-refractivity contribution in [3.63, 3.8) is 0 Å². The van der Waals surface area contributed by atoms with Crippen molar-refractivity contribution in [3.8, 4) is 0 Å². The first-order valence-corrected chi connectivity index (χ1v) is 8.27. The van der Waals surface area contributed by atoms with E-state index >= 15 is 0 Å². The average molecular weight is 357 g/mol. The molecule has 3 nitrogen and oxygen atoms in total. The summed E-state index contributed by atoms with van der Waals surface area (Å²) in [5.41, 5.74) is 2.76. The molecule has 1 aromatic carbocycles. The Bertz CT molecular complexity index is 443. The molecule has 0 amide bonds. The number of hydrogen-bond donors (Lipinski definition) is 1. The van der Waals surface area contributed by atoms with E-state index in [1.165, 1.54) is 11.3 Å². The topological polar surface area (TPSA) is 24.5 Å². The van der Waals surface area contributed by atoms with E-state index in [0.717, 1.165) is 24.2 Å². The molecule has 21 heavy (non-hydrogen) atoms. The first-order valence-electron chi connectivity index (χ1n) is 7.48. The molecule has 0 saturated heterocycles. The molecular formula is C17H29BrN2O. The number of methoxy groups -OCH3 is 1. The maximum atomic E-state index is 5.04. The maximum absolute atomic E-state index is 5.04. The van der Waals surface area contributed by atoms with Gasteiger partial charge in [-0.1, -0.05) is 42.8 Å². The minimum absolute atomic E-state index is 0.252. The summed E-state index contributed by atoms with van der Waals surface area (Å²) in [6.07, 6.45) is 0. The second-order valence-corrected chi connectivity index (χ2v) is 7.45. The Balaban J connectivity index is 2.73. The van der Waals surface area contributed by atoms with Crippen LogP contribution in [0.5, 0.6) is 0 Å². The van der Waals surface area contributed by atoms with Crippen molar-refractivity contribution in [1.29, 1.82) is 0 Å². The molecule has 0 aliphatic carbocycles. The maximum Gasteiger partial charge on any atom is 0.0587 e. The average Bonchev–Trinajstić information content (AvgIpc) is 2.42. The zero-order valence-electron chi connectivity index (χ0n) is 14.2. The summed E-state index contributed by atoms with van der Waals surface area (Å²) in [5.74, 6) is 0. The fraction of sp³-hybridized carbons (Fsp3) is 0.647. The molecule has 0 aromatic heterocycles. The van der Waals surface area contributed by atoms with Crippen molar-refractivity contribution in [3.05, 3.63) is 28.2 Å². The van der Waals surface area contributed by atoms with Crippen molar-refractivity contribution in [1.82, 2.24) is 5.32 Å². The Morgan fingerprint density at radius 2 is 2.00 bits per heavy atom. The van der Waals surface area contributed by atoms with E-state index in [2.05, 4.69) is 79.1 Å².